The van der Waals surface area contributed by atoms with Gasteiger partial charge in [0.25, 0.3) is 0 Å². The molecule has 0 bridgehead atoms. The Labute approximate surface area is 107 Å². The van der Waals surface area contributed by atoms with Crippen LogP contribution in [0.25, 0.3) is 22.2 Å². The van der Waals surface area contributed by atoms with Gasteiger partial charge < -0.3 is 0 Å². The summed E-state index contributed by atoms with van der Waals surface area (Å²) in [6, 6.07) is 14.8. The second-order valence-electron chi connectivity index (χ2n) is 4.53. The smallest absolute Gasteiger partial charge is 0.214 e. The molecule has 0 aliphatic heterocycles. The van der Waals surface area contributed by atoms with Gasteiger partial charge >= 0.3 is 0 Å². The number of aryl methyl sites for hydroxylation is 2. The van der Waals surface area contributed by atoms with Crippen LogP contribution in [0.2, 0.25) is 0 Å². The molecule has 2 aromatic heterocycles. The summed E-state index contributed by atoms with van der Waals surface area (Å²) in [5.41, 5.74) is 4.86. The normalized spacial score (nSPS) is 10.8. The maximum absolute atomic E-state index is 4.23. The lowest BCUT2D eigenvalue weighted by atomic mass is 10.1. The number of benzene rings is 1. The highest BCUT2D eigenvalue weighted by molar-refractivity contribution is 5.77. The van der Waals surface area contributed by atoms with Gasteiger partial charge in [-0.15, -0.1) is 0 Å². The van der Waals surface area contributed by atoms with E-state index in [0.717, 1.165) is 0 Å². The molecule has 2 heteroatoms. The molecule has 0 saturated heterocycles. The lowest BCUT2D eigenvalue weighted by Gasteiger charge is -2.05. The molecule has 0 saturated carbocycles. The summed E-state index contributed by atoms with van der Waals surface area (Å²) in [5.74, 6) is 0. The number of hydrogen-bond acceptors (Lipinski definition) is 1. The predicted molar refractivity (Wildman–Crippen MR) is 73.1 cm³/mol. The SMILES string of the molecule is Cc1ccncc1-c1ccc2ccccc2[n+]1C. The third-order valence-electron chi connectivity index (χ3n) is 3.40. The van der Waals surface area contributed by atoms with Crippen LogP contribution in [0.5, 0.6) is 0 Å². The maximum Gasteiger partial charge on any atom is 0.214 e. The van der Waals surface area contributed by atoms with Gasteiger partial charge in [0.1, 0.15) is 7.05 Å². The molecule has 0 radical (unpaired) electrons. The van der Waals surface area contributed by atoms with Crippen LogP contribution in [-0.4, -0.2) is 4.98 Å². The first-order valence-electron chi connectivity index (χ1n) is 6.06. The second-order valence-corrected chi connectivity index (χ2v) is 4.53. The zero-order valence-electron chi connectivity index (χ0n) is 10.6. The van der Waals surface area contributed by atoms with Gasteiger partial charge in [0, 0.05) is 29.9 Å². The van der Waals surface area contributed by atoms with Gasteiger partial charge in [-0.3, -0.25) is 4.98 Å². The van der Waals surface area contributed by atoms with E-state index in [9.17, 15) is 0 Å². The zero-order chi connectivity index (χ0) is 12.5. The third-order valence-corrected chi connectivity index (χ3v) is 3.40. The summed E-state index contributed by atoms with van der Waals surface area (Å²) in [6.45, 7) is 2.12. The summed E-state index contributed by atoms with van der Waals surface area (Å²) in [7, 11) is 2.10. The number of hydrogen-bond donors (Lipinski definition) is 0. The van der Waals surface area contributed by atoms with E-state index in [1.165, 1.54) is 27.7 Å². The zero-order valence-corrected chi connectivity index (χ0v) is 10.6. The molecule has 0 N–H and O–H groups in total. The van der Waals surface area contributed by atoms with Gasteiger partial charge in [-0.1, -0.05) is 12.1 Å². The fourth-order valence-corrected chi connectivity index (χ4v) is 2.35. The molecule has 0 atom stereocenters. The van der Waals surface area contributed by atoms with Crippen LogP contribution in [0.1, 0.15) is 5.56 Å². The number of rotatable bonds is 1. The Hall–Kier alpha value is -2.22. The Morgan fingerprint density at radius 1 is 1.00 bits per heavy atom. The van der Waals surface area contributed by atoms with Gasteiger partial charge in [-0.05, 0) is 30.7 Å². The summed E-state index contributed by atoms with van der Waals surface area (Å²) in [5, 5.41) is 1.25. The molecule has 3 aromatic rings. The number of fused-ring (bicyclic) bond motifs is 1. The average Bonchev–Trinajstić information content (AvgIpc) is 2.41. The van der Waals surface area contributed by atoms with Gasteiger partial charge in [0.15, 0.2) is 0 Å². The molecular formula is C16H15N2+. The first-order valence-corrected chi connectivity index (χ1v) is 6.06. The molecule has 0 aliphatic rings. The molecular weight excluding hydrogens is 220 g/mol. The Morgan fingerprint density at radius 3 is 2.67 bits per heavy atom. The molecule has 0 amide bonds. The van der Waals surface area contributed by atoms with Crippen molar-refractivity contribution >= 4 is 10.9 Å². The fraction of sp³-hybridized carbons (Fsp3) is 0.125. The van der Waals surface area contributed by atoms with Gasteiger partial charge in [0.05, 0.1) is 5.56 Å². The minimum absolute atomic E-state index is 1.19. The molecule has 0 unspecified atom stereocenters. The van der Waals surface area contributed by atoms with Crippen molar-refractivity contribution in [2.75, 3.05) is 0 Å². The highest BCUT2D eigenvalue weighted by atomic mass is 14.9. The predicted octanol–water partition coefficient (Wildman–Crippen LogP) is 3.03. The van der Waals surface area contributed by atoms with Crippen LogP contribution >= 0.6 is 0 Å². The van der Waals surface area contributed by atoms with E-state index in [0.29, 0.717) is 0 Å². The largest absolute Gasteiger partial charge is 0.264 e. The Morgan fingerprint density at radius 2 is 1.83 bits per heavy atom. The van der Waals surface area contributed by atoms with Crippen molar-refractivity contribution in [3.8, 4) is 11.3 Å². The quantitative estimate of drug-likeness (QED) is 0.592. The van der Waals surface area contributed by atoms with Crippen LogP contribution in [-0.2, 0) is 7.05 Å². The lowest BCUT2D eigenvalue weighted by molar-refractivity contribution is -0.633. The second kappa shape index (κ2) is 4.22. The molecule has 1 aromatic carbocycles. The van der Waals surface area contributed by atoms with E-state index >= 15 is 0 Å². The number of pyridine rings is 2. The van der Waals surface area contributed by atoms with Crippen LogP contribution in [0, 0.1) is 6.92 Å². The molecule has 0 spiro atoms. The minimum Gasteiger partial charge on any atom is -0.264 e. The Kier molecular flexibility index (Phi) is 2.56. The van der Waals surface area contributed by atoms with Gasteiger partial charge in [-0.25, -0.2) is 0 Å². The van der Waals surface area contributed by atoms with Crippen LogP contribution in [0.3, 0.4) is 0 Å². The van der Waals surface area contributed by atoms with Crippen molar-refractivity contribution < 1.29 is 4.57 Å². The number of para-hydroxylation sites is 1. The lowest BCUT2D eigenvalue weighted by Crippen LogP contribution is -2.32. The first kappa shape index (κ1) is 10.9. The van der Waals surface area contributed by atoms with Crippen LogP contribution in [0.15, 0.2) is 54.9 Å². The van der Waals surface area contributed by atoms with Crippen LogP contribution in [0.4, 0.5) is 0 Å². The standard InChI is InChI=1S/C16H15N2/c1-12-9-10-17-11-14(12)16-8-7-13-5-3-4-6-15(13)18(16)2/h3-11H,1-2H3/q+1. The van der Waals surface area contributed by atoms with E-state index in [4.69, 9.17) is 0 Å². The average molecular weight is 235 g/mol. The van der Waals surface area contributed by atoms with E-state index in [-0.39, 0.29) is 0 Å². The molecule has 18 heavy (non-hydrogen) atoms. The third kappa shape index (κ3) is 1.66. The van der Waals surface area contributed by atoms with Crippen molar-refractivity contribution in [2.45, 2.75) is 6.92 Å². The van der Waals surface area contributed by atoms with Gasteiger partial charge in [0.2, 0.25) is 11.2 Å². The molecule has 3 rings (SSSR count). The summed E-state index contributed by atoms with van der Waals surface area (Å²) in [6.07, 6.45) is 3.76. The van der Waals surface area contributed by atoms with Crippen LogP contribution < -0.4 is 4.57 Å². The molecule has 0 aliphatic carbocycles. The van der Waals surface area contributed by atoms with E-state index in [1.54, 1.807) is 0 Å². The Balaban J connectivity index is 2.31. The summed E-state index contributed by atoms with van der Waals surface area (Å²) < 4.78 is 2.22. The minimum atomic E-state index is 1.19. The monoisotopic (exact) mass is 235 g/mol. The maximum atomic E-state index is 4.23. The summed E-state index contributed by atoms with van der Waals surface area (Å²) in [4.78, 5) is 4.23. The van der Waals surface area contributed by atoms with Gasteiger partial charge in [-0.2, -0.15) is 4.57 Å². The Bertz CT molecular complexity index is 717. The molecule has 2 nitrogen and oxygen atoms in total. The number of aromatic nitrogens is 2. The molecule has 88 valence electrons. The highest BCUT2D eigenvalue weighted by Gasteiger charge is 2.14. The van der Waals surface area contributed by atoms with Crippen molar-refractivity contribution in [1.29, 1.82) is 0 Å². The van der Waals surface area contributed by atoms with E-state index in [1.807, 2.05) is 18.5 Å². The summed E-state index contributed by atoms with van der Waals surface area (Å²) >= 11 is 0. The topological polar surface area (TPSA) is 16.8 Å². The highest BCUT2D eigenvalue weighted by Crippen LogP contribution is 2.21. The van der Waals surface area contributed by atoms with E-state index in [2.05, 4.69) is 59.9 Å². The van der Waals surface area contributed by atoms with E-state index < -0.39 is 0 Å². The van der Waals surface area contributed by atoms with Crippen molar-refractivity contribution in [1.82, 2.24) is 4.98 Å². The molecule has 0 fully saturated rings. The van der Waals surface area contributed by atoms with Crippen molar-refractivity contribution in [2.24, 2.45) is 7.05 Å². The van der Waals surface area contributed by atoms with Crippen molar-refractivity contribution in [3.63, 3.8) is 0 Å². The fourth-order valence-electron chi connectivity index (χ4n) is 2.35. The first-order chi connectivity index (χ1) is 8.77. The van der Waals surface area contributed by atoms with Crippen molar-refractivity contribution in [3.05, 3.63) is 60.4 Å². The number of nitrogens with zero attached hydrogens (tertiary/aromatic N) is 2. The molecule has 2 heterocycles.